The van der Waals surface area contributed by atoms with Crippen molar-refractivity contribution in [2.24, 2.45) is 5.73 Å². The quantitative estimate of drug-likeness (QED) is 0.743. The Balaban J connectivity index is 1.72. The fourth-order valence-corrected chi connectivity index (χ4v) is 2.76. The van der Waals surface area contributed by atoms with Crippen LogP contribution in [0.3, 0.4) is 0 Å². The fraction of sp³-hybridized carbons (Fsp3) is 0.143. The third-order valence-electron chi connectivity index (χ3n) is 4.54. The second-order valence-corrected chi connectivity index (χ2v) is 6.25. The average Bonchev–Trinajstić information content (AvgIpc) is 2.66. The lowest BCUT2D eigenvalue weighted by Crippen LogP contribution is -2.39. The number of benzene rings is 3. The van der Waals surface area contributed by atoms with E-state index < -0.39 is 5.91 Å². The van der Waals surface area contributed by atoms with Crippen molar-refractivity contribution in [3.05, 3.63) is 72.3 Å². The Hall–Kier alpha value is -3.34. The molecule has 3 aromatic rings. The molecule has 0 aromatic heterocycles. The summed E-state index contributed by atoms with van der Waals surface area (Å²) in [4.78, 5) is 25.6. The van der Waals surface area contributed by atoms with Gasteiger partial charge in [0.1, 0.15) is 6.04 Å². The number of likely N-dealkylation sites (N-methyl/N-ethyl adjacent to an activating group) is 1. The summed E-state index contributed by atoms with van der Waals surface area (Å²) < 4.78 is 0. The summed E-state index contributed by atoms with van der Waals surface area (Å²) in [5, 5.41) is 5.16. The van der Waals surface area contributed by atoms with Crippen LogP contribution in [0, 0.1) is 0 Å². The second-order valence-electron chi connectivity index (χ2n) is 6.25. The summed E-state index contributed by atoms with van der Waals surface area (Å²) in [6.45, 7) is 1.85. The van der Waals surface area contributed by atoms with E-state index >= 15 is 0 Å². The molecule has 0 aliphatic rings. The van der Waals surface area contributed by atoms with Crippen molar-refractivity contribution in [3.8, 4) is 0 Å². The highest BCUT2D eigenvalue weighted by atomic mass is 16.2. The predicted molar refractivity (Wildman–Crippen MR) is 105 cm³/mol. The molecule has 0 saturated carbocycles. The Morgan fingerprint density at radius 3 is 2.27 bits per heavy atom. The molecule has 1 unspecified atom stereocenters. The van der Waals surface area contributed by atoms with Gasteiger partial charge in [0.2, 0.25) is 11.8 Å². The van der Waals surface area contributed by atoms with Crippen molar-refractivity contribution in [1.82, 2.24) is 0 Å². The van der Waals surface area contributed by atoms with Crippen molar-refractivity contribution in [2.75, 3.05) is 17.3 Å². The number of carbonyl (C=O) groups excluding carboxylic acids is 2. The van der Waals surface area contributed by atoms with Crippen LogP contribution in [0.2, 0.25) is 0 Å². The molecule has 0 spiro atoms. The molecule has 0 fully saturated rings. The summed E-state index contributed by atoms with van der Waals surface area (Å²) in [5.74, 6) is -0.625. The zero-order valence-corrected chi connectivity index (χ0v) is 14.8. The van der Waals surface area contributed by atoms with E-state index in [9.17, 15) is 9.59 Å². The van der Waals surface area contributed by atoms with Gasteiger partial charge in [-0.25, -0.2) is 0 Å². The first-order valence-corrected chi connectivity index (χ1v) is 8.38. The summed E-state index contributed by atoms with van der Waals surface area (Å²) in [6.07, 6.45) is 0. The number of carbonyl (C=O) groups is 2. The molecule has 5 nitrogen and oxygen atoms in total. The monoisotopic (exact) mass is 347 g/mol. The lowest BCUT2D eigenvalue weighted by atomic mass is 10.1. The Morgan fingerprint density at radius 1 is 0.962 bits per heavy atom. The number of hydrogen-bond donors (Lipinski definition) is 2. The molecular weight excluding hydrogens is 326 g/mol. The summed E-state index contributed by atoms with van der Waals surface area (Å²) in [5.41, 5.74) is 7.22. The van der Waals surface area contributed by atoms with Crippen molar-refractivity contribution < 1.29 is 9.59 Å². The maximum absolute atomic E-state index is 12.6. The minimum atomic E-state index is -0.493. The van der Waals surface area contributed by atoms with E-state index in [4.69, 9.17) is 5.73 Å². The van der Waals surface area contributed by atoms with E-state index in [1.165, 1.54) is 0 Å². The second kappa shape index (κ2) is 7.27. The van der Waals surface area contributed by atoms with Crippen LogP contribution in [0.25, 0.3) is 10.8 Å². The first kappa shape index (κ1) is 17.5. The predicted octanol–water partition coefficient (Wildman–Crippen LogP) is 3.40. The number of hydrogen-bond acceptors (Lipinski definition) is 3. The largest absolute Gasteiger partial charge is 0.366 e. The normalized spacial score (nSPS) is 11.8. The van der Waals surface area contributed by atoms with Crippen LogP contribution in [0.1, 0.15) is 17.3 Å². The van der Waals surface area contributed by atoms with E-state index in [-0.39, 0.29) is 11.9 Å². The van der Waals surface area contributed by atoms with Crippen molar-refractivity contribution in [3.63, 3.8) is 0 Å². The van der Waals surface area contributed by atoms with E-state index in [0.717, 1.165) is 16.5 Å². The highest BCUT2D eigenvalue weighted by molar-refractivity contribution is 5.98. The number of fused-ring (bicyclic) bond motifs is 1. The number of rotatable bonds is 5. The molecule has 132 valence electrons. The number of amides is 2. The zero-order valence-electron chi connectivity index (χ0n) is 14.8. The highest BCUT2D eigenvalue weighted by Crippen LogP contribution is 2.23. The molecule has 5 heteroatoms. The van der Waals surface area contributed by atoms with E-state index in [2.05, 4.69) is 23.5 Å². The maximum atomic E-state index is 12.6. The summed E-state index contributed by atoms with van der Waals surface area (Å²) in [6, 6.07) is 20.4. The van der Waals surface area contributed by atoms with E-state index in [1.807, 2.05) is 43.1 Å². The molecule has 1 atom stereocenters. The summed E-state index contributed by atoms with van der Waals surface area (Å²) in [7, 11) is 1.89. The third-order valence-corrected chi connectivity index (χ3v) is 4.54. The lowest BCUT2D eigenvalue weighted by molar-refractivity contribution is -0.117. The van der Waals surface area contributed by atoms with Gasteiger partial charge >= 0.3 is 0 Å². The molecule has 3 N–H and O–H groups in total. The fourth-order valence-electron chi connectivity index (χ4n) is 2.76. The van der Waals surface area contributed by atoms with Crippen LogP contribution in [-0.2, 0) is 4.79 Å². The Bertz CT molecular complexity index is 951. The van der Waals surface area contributed by atoms with Gasteiger partial charge in [-0.05, 0) is 54.1 Å². The SMILES string of the molecule is CC(C(=O)Nc1ccc(C(N)=O)cc1)N(C)c1ccc2ccccc2c1. The number of nitrogens with zero attached hydrogens (tertiary/aromatic N) is 1. The number of nitrogens with two attached hydrogens (primary N) is 1. The molecule has 2 amide bonds. The number of nitrogens with one attached hydrogen (secondary N) is 1. The Kier molecular flexibility index (Phi) is 4.89. The maximum Gasteiger partial charge on any atom is 0.248 e. The molecule has 0 bridgehead atoms. The van der Waals surface area contributed by atoms with Gasteiger partial charge in [0.15, 0.2) is 0 Å². The van der Waals surface area contributed by atoms with Crippen LogP contribution in [-0.4, -0.2) is 24.9 Å². The van der Waals surface area contributed by atoms with Crippen LogP contribution in [0.15, 0.2) is 66.7 Å². The van der Waals surface area contributed by atoms with Crippen LogP contribution in [0.5, 0.6) is 0 Å². The molecular formula is C21H21N3O2. The van der Waals surface area contributed by atoms with Gasteiger partial charge in [0, 0.05) is 24.0 Å². The van der Waals surface area contributed by atoms with Crippen molar-refractivity contribution >= 4 is 34.0 Å². The minimum absolute atomic E-state index is 0.132. The van der Waals surface area contributed by atoms with Gasteiger partial charge in [-0.15, -0.1) is 0 Å². The molecule has 26 heavy (non-hydrogen) atoms. The third kappa shape index (κ3) is 3.67. The molecule has 0 aliphatic heterocycles. The van der Waals surface area contributed by atoms with Gasteiger partial charge < -0.3 is 16.0 Å². The first-order chi connectivity index (χ1) is 12.5. The molecule has 0 radical (unpaired) electrons. The average molecular weight is 347 g/mol. The van der Waals surface area contributed by atoms with Crippen LogP contribution < -0.4 is 16.0 Å². The van der Waals surface area contributed by atoms with Crippen molar-refractivity contribution in [1.29, 1.82) is 0 Å². The summed E-state index contributed by atoms with van der Waals surface area (Å²) >= 11 is 0. The molecule has 0 saturated heterocycles. The Morgan fingerprint density at radius 2 is 1.62 bits per heavy atom. The molecule has 0 aliphatic carbocycles. The van der Waals surface area contributed by atoms with Crippen molar-refractivity contribution in [2.45, 2.75) is 13.0 Å². The minimum Gasteiger partial charge on any atom is -0.366 e. The standard InChI is InChI=1S/C21H21N3O2/c1-14(21(26)23-18-10-7-16(8-11-18)20(22)25)24(2)19-12-9-15-5-3-4-6-17(15)13-19/h3-14H,1-2H3,(H2,22,25)(H,23,26). The van der Waals surface area contributed by atoms with Gasteiger partial charge in [-0.3, -0.25) is 9.59 Å². The van der Waals surface area contributed by atoms with Gasteiger partial charge in [0.05, 0.1) is 0 Å². The van der Waals surface area contributed by atoms with E-state index in [0.29, 0.717) is 11.3 Å². The molecule has 3 aromatic carbocycles. The molecule has 3 rings (SSSR count). The lowest BCUT2D eigenvalue weighted by Gasteiger charge is -2.26. The van der Waals surface area contributed by atoms with Crippen LogP contribution in [0.4, 0.5) is 11.4 Å². The molecule has 0 heterocycles. The van der Waals surface area contributed by atoms with Gasteiger partial charge in [-0.1, -0.05) is 30.3 Å². The number of primary amides is 1. The number of anilines is 2. The van der Waals surface area contributed by atoms with Gasteiger partial charge in [-0.2, -0.15) is 0 Å². The van der Waals surface area contributed by atoms with Crippen LogP contribution >= 0.6 is 0 Å². The van der Waals surface area contributed by atoms with E-state index in [1.54, 1.807) is 24.3 Å². The first-order valence-electron chi connectivity index (χ1n) is 8.38. The zero-order chi connectivity index (χ0) is 18.7. The Labute approximate surface area is 152 Å². The topological polar surface area (TPSA) is 75.4 Å². The highest BCUT2D eigenvalue weighted by Gasteiger charge is 2.19. The van der Waals surface area contributed by atoms with Gasteiger partial charge in [0.25, 0.3) is 0 Å². The smallest absolute Gasteiger partial charge is 0.248 e.